The molecule has 41 heavy (non-hydrogen) atoms. The molecule has 0 aliphatic carbocycles. The van der Waals surface area contributed by atoms with Crippen LogP contribution in [0, 0.1) is 13.8 Å². The van der Waals surface area contributed by atoms with Crippen LogP contribution in [0.25, 0.3) is 0 Å². The van der Waals surface area contributed by atoms with Gasteiger partial charge in [-0.3, -0.25) is 13.9 Å². The van der Waals surface area contributed by atoms with E-state index in [0.29, 0.717) is 26.9 Å². The van der Waals surface area contributed by atoms with E-state index in [1.165, 1.54) is 4.90 Å². The van der Waals surface area contributed by atoms with Crippen LogP contribution in [-0.2, 0) is 32.6 Å². The molecule has 0 heterocycles. The first-order valence-corrected chi connectivity index (χ1v) is 15.8. The van der Waals surface area contributed by atoms with E-state index in [0.717, 1.165) is 21.7 Å². The van der Waals surface area contributed by atoms with Crippen LogP contribution in [0.5, 0.6) is 0 Å². The largest absolute Gasteiger partial charge is 0.350 e. The summed E-state index contributed by atoms with van der Waals surface area (Å²) in [5.74, 6) is -0.912. The molecule has 2 amide bonds. The van der Waals surface area contributed by atoms with E-state index in [1.54, 1.807) is 31.2 Å². The molecule has 0 aromatic heterocycles. The molecule has 0 saturated heterocycles. The van der Waals surface area contributed by atoms with Gasteiger partial charge in [-0.25, -0.2) is 8.42 Å². The second kappa shape index (κ2) is 13.3. The average molecular weight is 619 g/mol. The molecule has 3 aromatic rings. The lowest BCUT2D eigenvalue weighted by Crippen LogP contribution is -2.56. The maximum Gasteiger partial charge on any atom is 0.244 e. The van der Waals surface area contributed by atoms with E-state index in [9.17, 15) is 18.0 Å². The van der Waals surface area contributed by atoms with Crippen molar-refractivity contribution in [1.82, 2.24) is 10.2 Å². The van der Waals surface area contributed by atoms with Crippen molar-refractivity contribution in [3.05, 3.63) is 99.0 Å². The van der Waals surface area contributed by atoms with Crippen molar-refractivity contribution in [2.45, 2.75) is 59.2 Å². The molecule has 0 bridgehead atoms. The van der Waals surface area contributed by atoms with Gasteiger partial charge >= 0.3 is 0 Å². The van der Waals surface area contributed by atoms with E-state index >= 15 is 0 Å². The Balaban J connectivity index is 2.13. The summed E-state index contributed by atoms with van der Waals surface area (Å²) in [4.78, 5) is 29.4. The number of anilines is 1. The highest BCUT2D eigenvalue weighted by molar-refractivity contribution is 7.92. The fourth-order valence-corrected chi connectivity index (χ4v) is 5.79. The standard InChI is InChI=1S/C31H37Cl2N3O4S/c1-21-12-13-22(2)27(16-21)36(41(6,39)40)20-29(37)35(19-24-14-15-25(32)18-26(24)33)28(30(38)34-31(3,4)5)17-23-10-8-7-9-11-23/h7-16,18,28H,17,19-20H2,1-6H3,(H,34,38)/t28-/m0/s1. The summed E-state index contributed by atoms with van der Waals surface area (Å²) in [5, 5.41) is 3.76. The van der Waals surface area contributed by atoms with E-state index in [-0.39, 0.29) is 18.9 Å². The van der Waals surface area contributed by atoms with Crippen LogP contribution < -0.4 is 9.62 Å². The predicted octanol–water partition coefficient (Wildman–Crippen LogP) is 5.93. The lowest BCUT2D eigenvalue weighted by Gasteiger charge is -2.35. The second-order valence-electron chi connectivity index (χ2n) is 11.3. The zero-order valence-electron chi connectivity index (χ0n) is 24.2. The van der Waals surface area contributed by atoms with Crippen LogP contribution in [0.3, 0.4) is 0 Å². The zero-order valence-corrected chi connectivity index (χ0v) is 26.6. The first-order chi connectivity index (χ1) is 19.0. The van der Waals surface area contributed by atoms with Gasteiger partial charge in [-0.2, -0.15) is 0 Å². The number of carbonyl (C=O) groups excluding carboxylic acids is 2. The van der Waals surface area contributed by atoms with Crippen LogP contribution in [-0.4, -0.2) is 49.5 Å². The number of hydrogen-bond acceptors (Lipinski definition) is 4. The van der Waals surface area contributed by atoms with Gasteiger partial charge in [0.25, 0.3) is 0 Å². The van der Waals surface area contributed by atoms with Gasteiger partial charge in [-0.05, 0) is 75.1 Å². The Kier molecular flexibility index (Phi) is 10.5. The van der Waals surface area contributed by atoms with Gasteiger partial charge < -0.3 is 10.2 Å². The maximum absolute atomic E-state index is 14.2. The summed E-state index contributed by atoms with van der Waals surface area (Å²) < 4.78 is 27.1. The van der Waals surface area contributed by atoms with Crippen LogP contribution in [0.1, 0.15) is 43.0 Å². The molecule has 10 heteroatoms. The van der Waals surface area contributed by atoms with E-state index in [1.807, 2.05) is 70.2 Å². The summed E-state index contributed by atoms with van der Waals surface area (Å²) in [7, 11) is -3.86. The average Bonchev–Trinajstić information content (AvgIpc) is 2.86. The highest BCUT2D eigenvalue weighted by Crippen LogP contribution is 2.27. The first kappa shape index (κ1) is 32.4. The molecule has 0 fully saturated rings. The Morgan fingerprint density at radius 1 is 0.951 bits per heavy atom. The Labute approximate surface area is 253 Å². The molecule has 0 spiro atoms. The molecule has 0 aliphatic heterocycles. The fraction of sp³-hybridized carbons (Fsp3) is 0.355. The number of rotatable bonds is 10. The Hall–Kier alpha value is -3.07. The maximum atomic E-state index is 14.2. The molecule has 0 aliphatic rings. The van der Waals surface area contributed by atoms with Crippen molar-refractivity contribution >= 4 is 50.7 Å². The Morgan fingerprint density at radius 3 is 2.20 bits per heavy atom. The molecule has 1 N–H and O–H groups in total. The van der Waals surface area contributed by atoms with Gasteiger partial charge in [0.1, 0.15) is 12.6 Å². The molecular formula is C31H37Cl2N3O4S. The molecule has 7 nitrogen and oxygen atoms in total. The second-order valence-corrected chi connectivity index (χ2v) is 14.0. The summed E-state index contributed by atoms with van der Waals surface area (Å²) >= 11 is 12.6. The quantitative estimate of drug-likeness (QED) is 0.305. The lowest BCUT2D eigenvalue weighted by molar-refractivity contribution is -0.140. The van der Waals surface area contributed by atoms with Gasteiger partial charge in [-0.1, -0.05) is 71.7 Å². The third-order valence-electron chi connectivity index (χ3n) is 6.44. The van der Waals surface area contributed by atoms with Crippen molar-refractivity contribution in [2.75, 3.05) is 17.1 Å². The summed E-state index contributed by atoms with van der Waals surface area (Å²) in [6.45, 7) is 8.69. The smallest absolute Gasteiger partial charge is 0.244 e. The molecular weight excluding hydrogens is 581 g/mol. The van der Waals surface area contributed by atoms with Crippen molar-refractivity contribution in [3.63, 3.8) is 0 Å². The predicted molar refractivity (Wildman–Crippen MR) is 167 cm³/mol. The normalized spacial score (nSPS) is 12.5. The molecule has 0 saturated carbocycles. The zero-order chi connectivity index (χ0) is 30.5. The van der Waals surface area contributed by atoms with Crippen molar-refractivity contribution in [3.8, 4) is 0 Å². The number of halogens is 2. The number of nitrogens with one attached hydrogen (secondary N) is 1. The van der Waals surface area contributed by atoms with Crippen LogP contribution in [0.4, 0.5) is 5.69 Å². The summed E-state index contributed by atoms with van der Waals surface area (Å²) in [6, 6.07) is 18.8. The van der Waals surface area contributed by atoms with Gasteiger partial charge in [0.15, 0.2) is 0 Å². The minimum absolute atomic E-state index is 0.0334. The number of hydrogen-bond donors (Lipinski definition) is 1. The minimum atomic E-state index is -3.86. The topological polar surface area (TPSA) is 86.8 Å². The lowest BCUT2D eigenvalue weighted by atomic mass is 10.0. The number of carbonyl (C=O) groups is 2. The molecule has 0 radical (unpaired) electrons. The van der Waals surface area contributed by atoms with Crippen molar-refractivity contribution < 1.29 is 18.0 Å². The first-order valence-electron chi connectivity index (χ1n) is 13.2. The Morgan fingerprint density at radius 2 is 1.61 bits per heavy atom. The third-order valence-corrected chi connectivity index (χ3v) is 8.15. The highest BCUT2D eigenvalue weighted by atomic mass is 35.5. The van der Waals surface area contributed by atoms with E-state index in [4.69, 9.17) is 23.2 Å². The van der Waals surface area contributed by atoms with Crippen molar-refractivity contribution in [2.24, 2.45) is 0 Å². The van der Waals surface area contributed by atoms with Crippen LogP contribution >= 0.6 is 23.2 Å². The highest BCUT2D eigenvalue weighted by Gasteiger charge is 2.35. The van der Waals surface area contributed by atoms with E-state index in [2.05, 4.69) is 5.32 Å². The van der Waals surface area contributed by atoms with E-state index < -0.39 is 34.1 Å². The third kappa shape index (κ3) is 9.21. The molecule has 220 valence electrons. The molecule has 3 aromatic carbocycles. The summed E-state index contributed by atoms with van der Waals surface area (Å²) in [6.07, 6.45) is 1.28. The van der Waals surface area contributed by atoms with Crippen LogP contribution in [0.2, 0.25) is 10.0 Å². The number of benzene rings is 3. The summed E-state index contributed by atoms with van der Waals surface area (Å²) in [5.41, 5.74) is 2.80. The number of nitrogens with zero attached hydrogens (tertiary/aromatic N) is 2. The molecule has 3 rings (SSSR count). The SMILES string of the molecule is Cc1ccc(C)c(N(CC(=O)N(Cc2ccc(Cl)cc2Cl)[C@@H](Cc2ccccc2)C(=O)NC(C)(C)C)S(C)(=O)=O)c1. The molecule has 0 unspecified atom stereocenters. The van der Waals surface area contributed by atoms with Gasteiger partial charge in [0, 0.05) is 28.5 Å². The van der Waals surface area contributed by atoms with Gasteiger partial charge in [0.2, 0.25) is 21.8 Å². The monoisotopic (exact) mass is 617 g/mol. The van der Waals surface area contributed by atoms with Crippen LogP contribution in [0.15, 0.2) is 66.7 Å². The number of sulfonamides is 1. The van der Waals surface area contributed by atoms with Gasteiger partial charge in [-0.15, -0.1) is 0 Å². The number of amides is 2. The number of aryl methyl sites for hydroxylation is 2. The Bertz CT molecular complexity index is 1510. The van der Waals surface area contributed by atoms with Crippen molar-refractivity contribution in [1.29, 1.82) is 0 Å². The molecule has 1 atom stereocenters. The minimum Gasteiger partial charge on any atom is -0.350 e. The fourth-order valence-electron chi connectivity index (χ4n) is 4.42. The van der Waals surface area contributed by atoms with Gasteiger partial charge in [0.05, 0.1) is 11.9 Å².